The topological polar surface area (TPSA) is 27.7 Å². The molecule has 0 saturated heterocycles. The van der Waals surface area contributed by atoms with E-state index >= 15 is 0 Å². The summed E-state index contributed by atoms with van der Waals surface area (Å²) in [7, 11) is 0. The molecule has 1 saturated carbocycles. The number of halogens is 1. The van der Waals surface area contributed by atoms with Crippen LogP contribution in [0.1, 0.15) is 12.8 Å². The molecule has 1 aromatic rings. The average molecular weight is 271 g/mol. The summed E-state index contributed by atoms with van der Waals surface area (Å²) in [4.78, 5) is 0. The molecule has 0 atom stereocenters. The van der Waals surface area contributed by atoms with Crippen LogP contribution in [0.4, 0.5) is 0 Å². The molecule has 0 amide bonds. The summed E-state index contributed by atoms with van der Waals surface area (Å²) in [5.41, 5.74) is 0.0215. The number of alkyl halides is 1. The van der Waals surface area contributed by atoms with Gasteiger partial charge in [0.2, 0.25) is 6.79 Å². The van der Waals surface area contributed by atoms with Gasteiger partial charge in [0, 0.05) is 11.4 Å². The predicted octanol–water partition coefficient (Wildman–Crippen LogP) is 2.72. The van der Waals surface area contributed by atoms with Gasteiger partial charge in [0.1, 0.15) is 11.4 Å². The summed E-state index contributed by atoms with van der Waals surface area (Å²) >= 11 is 3.47. The molecule has 2 aliphatic rings. The Morgan fingerprint density at radius 2 is 2.07 bits per heavy atom. The summed E-state index contributed by atoms with van der Waals surface area (Å²) in [6, 6.07) is 5.71. The van der Waals surface area contributed by atoms with Crippen LogP contribution >= 0.6 is 15.9 Å². The van der Waals surface area contributed by atoms with Gasteiger partial charge in [0.15, 0.2) is 11.5 Å². The largest absolute Gasteiger partial charge is 0.486 e. The maximum Gasteiger partial charge on any atom is 0.231 e. The second-order valence-corrected chi connectivity index (χ2v) is 4.49. The third-order valence-electron chi connectivity index (χ3n) is 2.73. The number of ether oxygens (including phenoxy) is 3. The van der Waals surface area contributed by atoms with Gasteiger partial charge < -0.3 is 14.2 Å². The minimum absolute atomic E-state index is 0.0215. The Morgan fingerprint density at radius 1 is 1.27 bits per heavy atom. The van der Waals surface area contributed by atoms with Gasteiger partial charge in [-0.1, -0.05) is 15.9 Å². The monoisotopic (exact) mass is 270 g/mol. The molecule has 0 unspecified atom stereocenters. The van der Waals surface area contributed by atoms with Gasteiger partial charge in [-0.25, -0.2) is 0 Å². The Kier molecular flexibility index (Phi) is 2.06. The fraction of sp³-hybridized carbons (Fsp3) is 0.455. The van der Waals surface area contributed by atoms with E-state index in [1.165, 1.54) is 0 Å². The molecule has 0 radical (unpaired) electrons. The van der Waals surface area contributed by atoms with Crippen LogP contribution in [0.2, 0.25) is 0 Å². The highest BCUT2D eigenvalue weighted by molar-refractivity contribution is 9.09. The Labute approximate surface area is 96.5 Å². The van der Waals surface area contributed by atoms with Crippen molar-refractivity contribution in [2.24, 2.45) is 0 Å². The quantitative estimate of drug-likeness (QED) is 0.791. The lowest BCUT2D eigenvalue weighted by molar-refractivity contribution is 0.173. The van der Waals surface area contributed by atoms with E-state index in [0.717, 1.165) is 35.4 Å². The summed E-state index contributed by atoms with van der Waals surface area (Å²) in [6.07, 6.45) is 2.24. The van der Waals surface area contributed by atoms with Crippen molar-refractivity contribution in [3.8, 4) is 17.2 Å². The molecular formula is C11H11BrO3. The first kappa shape index (κ1) is 9.33. The molecule has 1 aliphatic carbocycles. The minimum Gasteiger partial charge on any atom is -0.486 e. The summed E-state index contributed by atoms with van der Waals surface area (Å²) in [5.74, 6) is 2.43. The van der Waals surface area contributed by atoms with Gasteiger partial charge in [0.05, 0.1) is 0 Å². The molecule has 0 bridgehead atoms. The molecule has 1 aliphatic heterocycles. The van der Waals surface area contributed by atoms with Crippen molar-refractivity contribution in [3.05, 3.63) is 18.2 Å². The zero-order valence-corrected chi connectivity index (χ0v) is 9.75. The minimum atomic E-state index is 0.0215. The maximum absolute atomic E-state index is 5.90. The molecule has 1 heterocycles. The molecule has 0 N–H and O–H groups in total. The fourth-order valence-electron chi connectivity index (χ4n) is 1.59. The van der Waals surface area contributed by atoms with Gasteiger partial charge in [-0.05, 0) is 25.0 Å². The van der Waals surface area contributed by atoms with Crippen molar-refractivity contribution < 1.29 is 14.2 Å². The van der Waals surface area contributed by atoms with Gasteiger partial charge >= 0.3 is 0 Å². The standard InChI is InChI=1S/C11H11BrO3/c12-6-11(3-4-11)15-8-1-2-9-10(5-8)14-7-13-9/h1-2,5H,3-4,6-7H2. The van der Waals surface area contributed by atoms with Crippen LogP contribution in [-0.4, -0.2) is 17.7 Å². The molecule has 0 spiro atoms. The maximum atomic E-state index is 5.90. The zero-order chi connectivity index (χ0) is 10.3. The van der Waals surface area contributed by atoms with E-state index in [-0.39, 0.29) is 5.60 Å². The molecule has 1 fully saturated rings. The summed E-state index contributed by atoms with van der Waals surface area (Å²) in [6.45, 7) is 0.308. The highest BCUT2D eigenvalue weighted by atomic mass is 79.9. The number of hydrogen-bond acceptors (Lipinski definition) is 3. The van der Waals surface area contributed by atoms with Gasteiger partial charge in [0.25, 0.3) is 0 Å². The van der Waals surface area contributed by atoms with Crippen molar-refractivity contribution in [3.63, 3.8) is 0 Å². The number of benzene rings is 1. The Morgan fingerprint density at radius 3 is 2.80 bits per heavy atom. The average Bonchev–Trinajstić information content (AvgIpc) is 2.88. The Hall–Kier alpha value is -0.900. The van der Waals surface area contributed by atoms with E-state index in [1.807, 2.05) is 18.2 Å². The van der Waals surface area contributed by atoms with Crippen LogP contribution in [0.3, 0.4) is 0 Å². The third kappa shape index (κ3) is 1.67. The molecule has 3 rings (SSSR count). The van der Waals surface area contributed by atoms with Crippen molar-refractivity contribution >= 4 is 15.9 Å². The van der Waals surface area contributed by atoms with Gasteiger partial charge in [-0.3, -0.25) is 0 Å². The van der Waals surface area contributed by atoms with Crippen LogP contribution in [-0.2, 0) is 0 Å². The first-order valence-electron chi connectivity index (χ1n) is 4.96. The lowest BCUT2D eigenvalue weighted by Gasteiger charge is -2.15. The van der Waals surface area contributed by atoms with Crippen LogP contribution < -0.4 is 14.2 Å². The normalized spacial score (nSPS) is 20.1. The third-order valence-corrected chi connectivity index (χ3v) is 3.75. The van der Waals surface area contributed by atoms with E-state index in [0.29, 0.717) is 6.79 Å². The molecular weight excluding hydrogens is 260 g/mol. The molecule has 0 aromatic heterocycles. The smallest absolute Gasteiger partial charge is 0.231 e. The Bertz CT molecular complexity index is 387. The van der Waals surface area contributed by atoms with E-state index in [4.69, 9.17) is 14.2 Å². The molecule has 1 aromatic carbocycles. The molecule has 3 nitrogen and oxygen atoms in total. The second-order valence-electron chi connectivity index (χ2n) is 3.93. The van der Waals surface area contributed by atoms with Gasteiger partial charge in [-0.2, -0.15) is 0 Å². The van der Waals surface area contributed by atoms with E-state index in [2.05, 4.69) is 15.9 Å². The molecule has 15 heavy (non-hydrogen) atoms. The summed E-state index contributed by atoms with van der Waals surface area (Å²) in [5, 5.41) is 0.883. The molecule has 4 heteroatoms. The first-order valence-corrected chi connectivity index (χ1v) is 6.08. The number of fused-ring (bicyclic) bond motifs is 1. The number of rotatable bonds is 3. The predicted molar refractivity (Wildman–Crippen MR) is 59.0 cm³/mol. The van der Waals surface area contributed by atoms with Crippen LogP contribution in [0, 0.1) is 0 Å². The second kappa shape index (κ2) is 3.30. The van der Waals surface area contributed by atoms with Crippen LogP contribution in [0.5, 0.6) is 17.2 Å². The number of hydrogen-bond donors (Lipinski definition) is 0. The highest BCUT2D eigenvalue weighted by Gasteiger charge is 2.44. The fourth-order valence-corrected chi connectivity index (χ4v) is 2.27. The van der Waals surface area contributed by atoms with Crippen molar-refractivity contribution in [1.82, 2.24) is 0 Å². The van der Waals surface area contributed by atoms with E-state index < -0.39 is 0 Å². The van der Waals surface area contributed by atoms with Crippen LogP contribution in [0.25, 0.3) is 0 Å². The van der Waals surface area contributed by atoms with Crippen molar-refractivity contribution in [1.29, 1.82) is 0 Å². The van der Waals surface area contributed by atoms with E-state index in [1.54, 1.807) is 0 Å². The zero-order valence-electron chi connectivity index (χ0n) is 8.16. The summed E-state index contributed by atoms with van der Waals surface area (Å²) < 4.78 is 16.4. The van der Waals surface area contributed by atoms with Crippen LogP contribution in [0.15, 0.2) is 18.2 Å². The van der Waals surface area contributed by atoms with Crippen molar-refractivity contribution in [2.75, 3.05) is 12.1 Å². The first-order chi connectivity index (χ1) is 7.31. The lowest BCUT2D eigenvalue weighted by atomic mass is 10.3. The van der Waals surface area contributed by atoms with E-state index in [9.17, 15) is 0 Å². The van der Waals surface area contributed by atoms with Crippen molar-refractivity contribution in [2.45, 2.75) is 18.4 Å². The Balaban J connectivity index is 1.81. The highest BCUT2D eigenvalue weighted by Crippen LogP contribution is 2.43. The molecule has 80 valence electrons. The van der Waals surface area contributed by atoms with Gasteiger partial charge in [-0.15, -0.1) is 0 Å². The SMILES string of the molecule is BrCC1(Oc2ccc3c(c2)OCO3)CC1. The lowest BCUT2D eigenvalue weighted by Crippen LogP contribution is -2.19.